The number of carbonyl (C=O) groups is 1. The summed E-state index contributed by atoms with van der Waals surface area (Å²) in [5.41, 5.74) is 1.81. The van der Waals surface area contributed by atoms with E-state index in [-0.39, 0.29) is 12.5 Å². The third-order valence-corrected chi connectivity index (χ3v) is 3.52. The van der Waals surface area contributed by atoms with E-state index in [0.29, 0.717) is 11.4 Å². The van der Waals surface area contributed by atoms with Gasteiger partial charge in [-0.1, -0.05) is 37.5 Å². The molecule has 0 bridgehead atoms. The zero-order chi connectivity index (χ0) is 17.2. The molecular weight excluding hydrogens is 302 g/mol. The maximum Gasteiger partial charge on any atom is 0.262 e. The highest BCUT2D eigenvalue weighted by Crippen LogP contribution is 2.12. The summed E-state index contributed by atoms with van der Waals surface area (Å²) >= 11 is 0. The molecule has 2 N–H and O–H groups in total. The van der Waals surface area contributed by atoms with Crippen LogP contribution < -0.4 is 15.4 Å². The fourth-order valence-electron chi connectivity index (χ4n) is 2.14. The molecule has 5 heteroatoms. The average molecular weight is 327 g/mol. The van der Waals surface area contributed by atoms with E-state index in [1.165, 1.54) is 12.8 Å². The van der Waals surface area contributed by atoms with Gasteiger partial charge < -0.3 is 15.4 Å². The number of hydrogen-bond acceptors (Lipinski definition) is 4. The van der Waals surface area contributed by atoms with Crippen LogP contribution in [-0.2, 0) is 4.79 Å². The number of aromatic nitrogens is 1. The smallest absolute Gasteiger partial charge is 0.262 e. The van der Waals surface area contributed by atoms with Gasteiger partial charge in [-0.25, -0.2) is 4.98 Å². The minimum absolute atomic E-state index is 0.0277. The summed E-state index contributed by atoms with van der Waals surface area (Å²) < 4.78 is 5.45. The number of pyridine rings is 1. The lowest BCUT2D eigenvalue weighted by molar-refractivity contribution is -0.118. The van der Waals surface area contributed by atoms with Gasteiger partial charge in [0.05, 0.1) is 11.9 Å². The van der Waals surface area contributed by atoms with Crippen molar-refractivity contribution >= 4 is 17.4 Å². The lowest BCUT2D eigenvalue weighted by Gasteiger charge is -2.09. The van der Waals surface area contributed by atoms with Crippen molar-refractivity contribution in [1.29, 1.82) is 0 Å². The third kappa shape index (κ3) is 6.28. The monoisotopic (exact) mass is 327 g/mol. The van der Waals surface area contributed by atoms with E-state index in [0.717, 1.165) is 24.3 Å². The first-order chi connectivity index (χ1) is 11.7. The quantitative estimate of drug-likeness (QED) is 0.683. The number of nitrogens with one attached hydrogen (secondary N) is 2. The molecule has 1 amide bonds. The summed E-state index contributed by atoms with van der Waals surface area (Å²) in [6, 6.07) is 11.3. The fraction of sp³-hybridized carbons (Fsp3) is 0.368. The van der Waals surface area contributed by atoms with Crippen LogP contribution in [0.25, 0.3) is 0 Å². The highest BCUT2D eigenvalue weighted by molar-refractivity contribution is 5.91. The fourth-order valence-corrected chi connectivity index (χ4v) is 2.14. The number of carbonyl (C=O) groups excluding carboxylic acids is 1. The number of aryl methyl sites for hydroxylation is 1. The van der Waals surface area contributed by atoms with E-state index in [9.17, 15) is 4.79 Å². The van der Waals surface area contributed by atoms with Crippen LogP contribution in [0.4, 0.5) is 11.5 Å². The van der Waals surface area contributed by atoms with Crippen molar-refractivity contribution in [2.75, 3.05) is 23.8 Å². The molecule has 24 heavy (non-hydrogen) atoms. The normalized spacial score (nSPS) is 10.2. The van der Waals surface area contributed by atoms with Crippen molar-refractivity contribution < 1.29 is 9.53 Å². The highest BCUT2D eigenvalue weighted by atomic mass is 16.5. The summed E-state index contributed by atoms with van der Waals surface area (Å²) in [7, 11) is 0. The molecule has 0 unspecified atom stereocenters. The number of ether oxygens (including phenoxy) is 1. The van der Waals surface area contributed by atoms with Gasteiger partial charge in [0.1, 0.15) is 11.6 Å². The number of anilines is 2. The molecule has 1 heterocycles. The largest absolute Gasteiger partial charge is 0.484 e. The van der Waals surface area contributed by atoms with Crippen LogP contribution in [0.1, 0.15) is 31.7 Å². The summed E-state index contributed by atoms with van der Waals surface area (Å²) in [6.45, 7) is 5.07. The van der Waals surface area contributed by atoms with Gasteiger partial charge >= 0.3 is 0 Å². The Morgan fingerprint density at radius 2 is 1.92 bits per heavy atom. The molecule has 1 aromatic heterocycles. The molecule has 0 aliphatic heterocycles. The van der Waals surface area contributed by atoms with Gasteiger partial charge in [0.25, 0.3) is 5.91 Å². The van der Waals surface area contributed by atoms with Crippen molar-refractivity contribution in [3.8, 4) is 5.75 Å². The predicted octanol–water partition coefficient (Wildman–Crippen LogP) is 4.01. The minimum atomic E-state index is -0.207. The van der Waals surface area contributed by atoms with E-state index < -0.39 is 0 Å². The highest BCUT2D eigenvalue weighted by Gasteiger charge is 2.04. The predicted molar refractivity (Wildman–Crippen MR) is 97.6 cm³/mol. The summed E-state index contributed by atoms with van der Waals surface area (Å²) in [5, 5.41) is 6.04. The zero-order valence-corrected chi connectivity index (χ0v) is 14.3. The maximum absolute atomic E-state index is 11.9. The third-order valence-electron chi connectivity index (χ3n) is 3.52. The van der Waals surface area contributed by atoms with Crippen LogP contribution in [0.5, 0.6) is 5.75 Å². The lowest BCUT2D eigenvalue weighted by atomic mass is 10.2. The zero-order valence-electron chi connectivity index (χ0n) is 14.3. The van der Waals surface area contributed by atoms with Gasteiger partial charge in [-0.15, -0.1) is 0 Å². The van der Waals surface area contributed by atoms with Crippen LogP contribution in [0.15, 0.2) is 42.6 Å². The van der Waals surface area contributed by atoms with Crippen LogP contribution in [-0.4, -0.2) is 24.0 Å². The molecule has 0 atom stereocenters. The standard InChI is InChI=1S/C19H25N3O2/c1-3-4-5-12-20-18-11-8-16(13-21-18)22-19(23)14-24-17-9-6-15(2)7-10-17/h6-11,13H,3-5,12,14H2,1-2H3,(H,20,21)(H,22,23). The van der Waals surface area contributed by atoms with Crippen molar-refractivity contribution in [1.82, 2.24) is 4.98 Å². The molecule has 2 aromatic rings. The molecule has 2 rings (SSSR count). The molecular formula is C19H25N3O2. The molecule has 0 saturated heterocycles. The van der Waals surface area contributed by atoms with Crippen LogP contribution in [0.3, 0.4) is 0 Å². The first-order valence-corrected chi connectivity index (χ1v) is 8.36. The van der Waals surface area contributed by atoms with Crippen molar-refractivity contribution in [3.05, 3.63) is 48.2 Å². The number of benzene rings is 1. The number of hydrogen-bond donors (Lipinski definition) is 2. The summed E-state index contributed by atoms with van der Waals surface area (Å²) in [6.07, 6.45) is 5.19. The topological polar surface area (TPSA) is 63.2 Å². The Labute approximate surface area is 143 Å². The molecule has 1 aromatic carbocycles. The van der Waals surface area contributed by atoms with Gasteiger partial charge in [-0.3, -0.25) is 4.79 Å². The molecule has 0 fully saturated rings. The van der Waals surface area contributed by atoms with E-state index in [1.807, 2.05) is 43.3 Å². The lowest BCUT2D eigenvalue weighted by Crippen LogP contribution is -2.20. The number of amides is 1. The number of unbranched alkanes of at least 4 members (excludes halogenated alkanes) is 2. The Morgan fingerprint density at radius 3 is 2.58 bits per heavy atom. The molecule has 128 valence electrons. The average Bonchev–Trinajstić information content (AvgIpc) is 2.60. The minimum Gasteiger partial charge on any atom is -0.484 e. The molecule has 0 saturated carbocycles. The number of rotatable bonds is 9. The van der Waals surface area contributed by atoms with E-state index in [4.69, 9.17) is 4.74 Å². The second kappa shape index (κ2) is 9.55. The second-order valence-electron chi connectivity index (χ2n) is 5.72. The molecule has 0 spiro atoms. The van der Waals surface area contributed by atoms with E-state index in [2.05, 4.69) is 22.5 Å². The van der Waals surface area contributed by atoms with Gasteiger partial charge in [-0.05, 0) is 37.6 Å². The Hall–Kier alpha value is -2.56. The first-order valence-electron chi connectivity index (χ1n) is 8.36. The molecule has 5 nitrogen and oxygen atoms in total. The molecule has 0 aliphatic carbocycles. The van der Waals surface area contributed by atoms with E-state index >= 15 is 0 Å². The van der Waals surface area contributed by atoms with Gasteiger partial charge in [0, 0.05) is 6.54 Å². The van der Waals surface area contributed by atoms with Crippen LogP contribution in [0, 0.1) is 6.92 Å². The van der Waals surface area contributed by atoms with Crippen molar-refractivity contribution in [2.45, 2.75) is 33.1 Å². The Balaban J connectivity index is 1.74. The van der Waals surface area contributed by atoms with Crippen molar-refractivity contribution in [3.63, 3.8) is 0 Å². The van der Waals surface area contributed by atoms with Crippen LogP contribution >= 0.6 is 0 Å². The van der Waals surface area contributed by atoms with Gasteiger partial charge in [-0.2, -0.15) is 0 Å². The SMILES string of the molecule is CCCCCNc1ccc(NC(=O)COc2ccc(C)cc2)cn1. The Kier molecular flexibility index (Phi) is 7.08. The van der Waals surface area contributed by atoms with Crippen LogP contribution in [0.2, 0.25) is 0 Å². The summed E-state index contributed by atoms with van der Waals surface area (Å²) in [5.74, 6) is 1.29. The van der Waals surface area contributed by atoms with E-state index in [1.54, 1.807) is 6.20 Å². The Morgan fingerprint density at radius 1 is 1.12 bits per heavy atom. The number of nitrogens with zero attached hydrogens (tertiary/aromatic N) is 1. The maximum atomic E-state index is 11.9. The van der Waals surface area contributed by atoms with Gasteiger partial charge in [0.15, 0.2) is 6.61 Å². The molecule has 0 radical (unpaired) electrons. The summed E-state index contributed by atoms with van der Waals surface area (Å²) in [4.78, 5) is 16.2. The Bertz CT molecular complexity index is 624. The molecule has 0 aliphatic rings. The first kappa shape index (κ1) is 17.8. The van der Waals surface area contributed by atoms with Gasteiger partial charge in [0.2, 0.25) is 0 Å². The van der Waals surface area contributed by atoms with Crippen molar-refractivity contribution in [2.24, 2.45) is 0 Å². The second-order valence-corrected chi connectivity index (χ2v) is 5.72.